The number of carbonyl (C=O) groups excluding carboxylic acids is 2. The SMILES string of the molecule is NC(C(=O)Nc1ccc(NC(=O)CN2CCOCC2)cc1)C1CCOCC1. The van der Waals surface area contributed by atoms with Crippen LogP contribution in [0.1, 0.15) is 12.8 Å². The summed E-state index contributed by atoms with van der Waals surface area (Å²) < 4.78 is 10.6. The van der Waals surface area contributed by atoms with E-state index in [9.17, 15) is 9.59 Å². The first-order valence-corrected chi connectivity index (χ1v) is 9.46. The molecular weight excluding hydrogens is 348 g/mol. The average molecular weight is 376 g/mol. The van der Waals surface area contributed by atoms with Crippen molar-refractivity contribution in [3.05, 3.63) is 24.3 Å². The number of carbonyl (C=O) groups is 2. The predicted octanol–water partition coefficient (Wildman–Crippen LogP) is 0.650. The van der Waals surface area contributed by atoms with E-state index in [-0.39, 0.29) is 17.7 Å². The van der Waals surface area contributed by atoms with Crippen molar-refractivity contribution < 1.29 is 19.1 Å². The van der Waals surface area contributed by atoms with Gasteiger partial charge in [-0.05, 0) is 43.0 Å². The standard InChI is InChI=1S/C19H28N4O4/c20-18(14-5-9-26-10-6-14)19(25)22-16-3-1-15(2-4-16)21-17(24)13-23-7-11-27-12-8-23/h1-4,14,18H,5-13,20H2,(H,21,24)(H,22,25). The van der Waals surface area contributed by atoms with E-state index in [1.807, 2.05) is 0 Å². The molecule has 0 radical (unpaired) electrons. The number of amides is 2. The van der Waals surface area contributed by atoms with Crippen molar-refractivity contribution in [1.29, 1.82) is 0 Å². The monoisotopic (exact) mass is 376 g/mol. The van der Waals surface area contributed by atoms with Gasteiger partial charge < -0.3 is 25.8 Å². The van der Waals surface area contributed by atoms with Crippen molar-refractivity contribution in [1.82, 2.24) is 4.90 Å². The molecule has 148 valence electrons. The molecule has 1 unspecified atom stereocenters. The van der Waals surface area contributed by atoms with Crippen molar-refractivity contribution >= 4 is 23.2 Å². The lowest BCUT2D eigenvalue weighted by Crippen LogP contribution is -2.44. The largest absolute Gasteiger partial charge is 0.381 e. The number of nitrogens with zero attached hydrogens (tertiary/aromatic N) is 1. The summed E-state index contributed by atoms with van der Waals surface area (Å²) in [6, 6.07) is 6.53. The molecule has 1 atom stereocenters. The van der Waals surface area contributed by atoms with Gasteiger partial charge in [0.15, 0.2) is 0 Å². The normalized spacial score (nSPS) is 20.0. The average Bonchev–Trinajstić information content (AvgIpc) is 2.70. The highest BCUT2D eigenvalue weighted by Gasteiger charge is 2.26. The van der Waals surface area contributed by atoms with Crippen LogP contribution in [0.2, 0.25) is 0 Å². The van der Waals surface area contributed by atoms with E-state index in [0.29, 0.717) is 44.3 Å². The van der Waals surface area contributed by atoms with Crippen LogP contribution in [-0.2, 0) is 19.1 Å². The molecule has 0 bridgehead atoms. The Morgan fingerprint density at radius 2 is 1.56 bits per heavy atom. The maximum absolute atomic E-state index is 12.3. The Kier molecular flexibility index (Phi) is 7.17. The van der Waals surface area contributed by atoms with Gasteiger partial charge in [0.1, 0.15) is 0 Å². The van der Waals surface area contributed by atoms with E-state index in [2.05, 4.69) is 15.5 Å². The number of ether oxygens (including phenoxy) is 2. The number of morpholine rings is 1. The van der Waals surface area contributed by atoms with Crippen LogP contribution in [0.5, 0.6) is 0 Å². The molecule has 2 heterocycles. The predicted molar refractivity (Wildman–Crippen MR) is 102 cm³/mol. The summed E-state index contributed by atoms with van der Waals surface area (Å²) in [6.07, 6.45) is 1.62. The molecule has 8 heteroatoms. The topological polar surface area (TPSA) is 106 Å². The zero-order chi connectivity index (χ0) is 19.1. The second-order valence-corrected chi connectivity index (χ2v) is 6.98. The maximum atomic E-state index is 12.3. The lowest BCUT2D eigenvalue weighted by molar-refractivity contribution is -0.119. The van der Waals surface area contributed by atoms with Crippen molar-refractivity contribution in [2.24, 2.45) is 11.7 Å². The van der Waals surface area contributed by atoms with Crippen molar-refractivity contribution in [2.75, 3.05) is 56.7 Å². The smallest absolute Gasteiger partial charge is 0.241 e. The molecule has 1 aromatic carbocycles. The molecule has 2 aliphatic rings. The highest BCUT2D eigenvalue weighted by Crippen LogP contribution is 2.19. The molecule has 3 rings (SSSR count). The summed E-state index contributed by atoms with van der Waals surface area (Å²) in [7, 11) is 0. The van der Waals surface area contributed by atoms with Crippen LogP contribution >= 0.6 is 0 Å². The maximum Gasteiger partial charge on any atom is 0.241 e. The summed E-state index contributed by atoms with van der Waals surface area (Å²) >= 11 is 0. The van der Waals surface area contributed by atoms with Crippen LogP contribution in [0.25, 0.3) is 0 Å². The molecule has 2 saturated heterocycles. The van der Waals surface area contributed by atoms with Gasteiger partial charge in [-0.15, -0.1) is 0 Å². The molecule has 8 nitrogen and oxygen atoms in total. The minimum atomic E-state index is -0.540. The molecule has 1 aromatic rings. The Morgan fingerprint density at radius 3 is 2.19 bits per heavy atom. The third-order valence-corrected chi connectivity index (χ3v) is 4.98. The Balaban J connectivity index is 1.46. The van der Waals surface area contributed by atoms with Crippen LogP contribution in [-0.4, -0.2) is 68.8 Å². The third kappa shape index (κ3) is 6.00. The highest BCUT2D eigenvalue weighted by molar-refractivity contribution is 5.96. The summed E-state index contributed by atoms with van der Waals surface area (Å²) in [5, 5.41) is 5.72. The molecule has 27 heavy (non-hydrogen) atoms. The quantitative estimate of drug-likeness (QED) is 0.673. The van der Waals surface area contributed by atoms with E-state index in [1.54, 1.807) is 24.3 Å². The summed E-state index contributed by atoms with van der Waals surface area (Å²) in [5.41, 5.74) is 7.44. The van der Waals surface area contributed by atoms with Gasteiger partial charge in [-0.1, -0.05) is 0 Å². The molecule has 4 N–H and O–H groups in total. The molecular formula is C19H28N4O4. The number of hydrogen-bond donors (Lipinski definition) is 3. The van der Waals surface area contributed by atoms with Gasteiger partial charge in [-0.3, -0.25) is 14.5 Å². The molecule has 0 aliphatic carbocycles. The van der Waals surface area contributed by atoms with E-state index in [0.717, 1.165) is 25.9 Å². The number of nitrogens with one attached hydrogen (secondary N) is 2. The van der Waals surface area contributed by atoms with Gasteiger partial charge in [0.05, 0.1) is 25.8 Å². The lowest BCUT2D eigenvalue weighted by Gasteiger charge is -2.26. The molecule has 0 spiro atoms. The second-order valence-electron chi connectivity index (χ2n) is 6.98. The van der Waals surface area contributed by atoms with Crippen LogP contribution in [0.4, 0.5) is 11.4 Å². The fraction of sp³-hybridized carbons (Fsp3) is 0.579. The number of benzene rings is 1. The Labute approximate surface area is 159 Å². The third-order valence-electron chi connectivity index (χ3n) is 4.98. The molecule has 2 aliphatic heterocycles. The van der Waals surface area contributed by atoms with Gasteiger partial charge >= 0.3 is 0 Å². The van der Waals surface area contributed by atoms with Gasteiger partial charge in [0, 0.05) is 37.7 Å². The second kappa shape index (κ2) is 9.80. The first kappa shape index (κ1) is 19.8. The van der Waals surface area contributed by atoms with Gasteiger partial charge in [0.25, 0.3) is 0 Å². The lowest BCUT2D eigenvalue weighted by atomic mass is 9.92. The Morgan fingerprint density at radius 1 is 1.00 bits per heavy atom. The van der Waals surface area contributed by atoms with Gasteiger partial charge in [0.2, 0.25) is 11.8 Å². The van der Waals surface area contributed by atoms with Gasteiger partial charge in [-0.2, -0.15) is 0 Å². The van der Waals surface area contributed by atoms with E-state index in [4.69, 9.17) is 15.2 Å². The van der Waals surface area contributed by atoms with Gasteiger partial charge in [-0.25, -0.2) is 0 Å². The molecule has 0 saturated carbocycles. The van der Waals surface area contributed by atoms with E-state index < -0.39 is 6.04 Å². The Bertz CT molecular complexity index is 625. The minimum absolute atomic E-state index is 0.0600. The van der Waals surface area contributed by atoms with Crippen LogP contribution < -0.4 is 16.4 Å². The van der Waals surface area contributed by atoms with Crippen molar-refractivity contribution in [3.8, 4) is 0 Å². The van der Waals surface area contributed by atoms with Crippen LogP contribution in [0.15, 0.2) is 24.3 Å². The summed E-state index contributed by atoms with van der Waals surface area (Å²) in [5.74, 6) is -0.0984. The van der Waals surface area contributed by atoms with E-state index >= 15 is 0 Å². The summed E-state index contributed by atoms with van der Waals surface area (Å²) in [4.78, 5) is 26.5. The fourth-order valence-electron chi connectivity index (χ4n) is 3.31. The first-order chi connectivity index (χ1) is 13.1. The minimum Gasteiger partial charge on any atom is -0.381 e. The Hall–Kier alpha value is -2.00. The molecule has 2 amide bonds. The van der Waals surface area contributed by atoms with Crippen molar-refractivity contribution in [3.63, 3.8) is 0 Å². The number of rotatable bonds is 6. The highest BCUT2D eigenvalue weighted by atomic mass is 16.5. The first-order valence-electron chi connectivity index (χ1n) is 9.46. The summed E-state index contributed by atoms with van der Waals surface area (Å²) in [6.45, 7) is 4.53. The fourth-order valence-corrected chi connectivity index (χ4v) is 3.31. The zero-order valence-electron chi connectivity index (χ0n) is 15.5. The molecule has 2 fully saturated rings. The molecule has 0 aromatic heterocycles. The number of hydrogen-bond acceptors (Lipinski definition) is 6. The van der Waals surface area contributed by atoms with Crippen LogP contribution in [0.3, 0.4) is 0 Å². The van der Waals surface area contributed by atoms with Crippen LogP contribution in [0, 0.1) is 5.92 Å². The van der Waals surface area contributed by atoms with E-state index in [1.165, 1.54) is 0 Å². The number of nitrogens with two attached hydrogens (primary N) is 1. The number of anilines is 2. The van der Waals surface area contributed by atoms with Crippen molar-refractivity contribution in [2.45, 2.75) is 18.9 Å². The zero-order valence-corrected chi connectivity index (χ0v) is 15.5.